The molecule has 0 aliphatic heterocycles. The average molecular weight is 240 g/mol. The molecule has 2 atom stereocenters. The Morgan fingerprint density at radius 3 is 2.41 bits per heavy atom. The molecule has 1 N–H and O–H groups in total. The maximum absolute atomic E-state index is 3.71. The zero-order valence-electron chi connectivity index (χ0n) is 12.3. The second-order valence-electron chi connectivity index (χ2n) is 5.79. The summed E-state index contributed by atoms with van der Waals surface area (Å²) >= 11 is 0. The lowest BCUT2D eigenvalue weighted by Crippen LogP contribution is -2.46. The van der Waals surface area contributed by atoms with Crippen molar-refractivity contribution in [3.63, 3.8) is 0 Å². The molecule has 102 valence electrons. The van der Waals surface area contributed by atoms with Gasteiger partial charge in [-0.1, -0.05) is 33.1 Å². The van der Waals surface area contributed by atoms with Crippen LogP contribution in [0, 0.1) is 5.92 Å². The molecule has 0 bridgehead atoms. The van der Waals surface area contributed by atoms with E-state index in [9.17, 15) is 0 Å². The van der Waals surface area contributed by atoms with Gasteiger partial charge in [-0.3, -0.25) is 0 Å². The molecule has 0 aromatic heterocycles. The zero-order valence-corrected chi connectivity index (χ0v) is 12.3. The van der Waals surface area contributed by atoms with E-state index in [1.54, 1.807) is 0 Å². The van der Waals surface area contributed by atoms with Crippen LogP contribution in [0.5, 0.6) is 0 Å². The van der Waals surface area contributed by atoms with Crippen LogP contribution in [0.15, 0.2) is 0 Å². The maximum Gasteiger partial charge on any atom is 0.0223 e. The second-order valence-corrected chi connectivity index (χ2v) is 5.79. The number of nitrogens with one attached hydrogen (secondary N) is 1. The lowest BCUT2D eigenvalue weighted by molar-refractivity contribution is 0.192. The van der Waals surface area contributed by atoms with Crippen LogP contribution >= 0.6 is 0 Å². The van der Waals surface area contributed by atoms with Gasteiger partial charge in [0.05, 0.1) is 0 Å². The smallest absolute Gasteiger partial charge is 0.0223 e. The number of nitrogens with zero attached hydrogens (tertiary/aromatic N) is 1. The fraction of sp³-hybridized carbons (Fsp3) is 1.00. The minimum atomic E-state index is 0.715. The van der Waals surface area contributed by atoms with Crippen LogP contribution in [-0.4, -0.2) is 37.1 Å². The van der Waals surface area contributed by atoms with Crippen molar-refractivity contribution in [3.8, 4) is 0 Å². The van der Waals surface area contributed by atoms with E-state index in [1.165, 1.54) is 45.1 Å². The first-order chi connectivity index (χ1) is 8.19. The summed E-state index contributed by atoms with van der Waals surface area (Å²) in [5.74, 6) is 0.922. The van der Waals surface area contributed by atoms with Crippen LogP contribution in [0.1, 0.15) is 59.3 Å². The second kappa shape index (κ2) is 8.10. The fourth-order valence-electron chi connectivity index (χ4n) is 3.13. The van der Waals surface area contributed by atoms with Gasteiger partial charge in [0.25, 0.3) is 0 Å². The molecule has 2 nitrogen and oxygen atoms in total. The van der Waals surface area contributed by atoms with E-state index >= 15 is 0 Å². The van der Waals surface area contributed by atoms with Gasteiger partial charge in [-0.15, -0.1) is 0 Å². The predicted octanol–water partition coefficient (Wildman–Crippen LogP) is 3.28. The van der Waals surface area contributed by atoms with Gasteiger partial charge in [-0.05, 0) is 45.7 Å². The van der Waals surface area contributed by atoms with E-state index in [0.29, 0.717) is 6.04 Å². The van der Waals surface area contributed by atoms with Crippen LogP contribution in [0.3, 0.4) is 0 Å². The van der Waals surface area contributed by atoms with Crippen LogP contribution in [-0.2, 0) is 0 Å². The normalized spacial score (nSPS) is 21.0. The highest BCUT2D eigenvalue weighted by atomic mass is 15.1. The molecule has 1 fully saturated rings. The molecular formula is C15H32N2. The fourth-order valence-corrected chi connectivity index (χ4v) is 3.13. The summed E-state index contributed by atoms with van der Waals surface area (Å²) in [5, 5.41) is 3.71. The Hall–Kier alpha value is -0.0800. The first-order valence-electron chi connectivity index (χ1n) is 7.62. The van der Waals surface area contributed by atoms with Gasteiger partial charge >= 0.3 is 0 Å². The summed E-state index contributed by atoms with van der Waals surface area (Å²) in [6.45, 7) is 9.21. The molecule has 0 radical (unpaired) electrons. The Balaban J connectivity index is 2.41. The molecule has 0 aromatic rings. The van der Waals surface area contributed by atoms with E-state index < -0.39 is 0 Å². The Labute approximate surface area is 108 Å². The monoisotopic (exact) mass is 240 g/mol. The topological polar surface area (TPSA) is 15.3 Å². The van der Waals surface area contributed by atoms with Crippen LogP contribution < -0.4 is 5.32 Å². The quantitative estimate of drug-likeness (QED) is 0.700. The SMILES string of the molecule is CCCC(C)N(C)CC(NCC)C1CCCC1. The number of rotatable bonds is 8. The van der Waals surface area contributed by atoms with E-state index in [2.05, 4.69) is 38.0 Å². The van der Waals surface area contributed by atoms with Crippen molar-refractivity contribution in [2.45, 2.75) is 71.4 Å². The van der Waals surface area contributed by atoms with Gasteiger partial charge in [0, 0.05) is 18.6 Å². The number of hydrogen-bond donors (Lipinski definition) is 1. The minimum absolute atomic E-state index is 0.715. The Bertz CT molecular complexity index is 187. The minimum Gasteiger partial charge on any atom is -0.313 e. The lowest BCUT2D eigenvalue weighted by atomic mass is 9.97. The van der Waals surface area contributed by atoms with Gasteiger partial charge in [-0.2, -0.15) is 0 Å². The van der Waals surface area contributed by atoms with E-state index in [1.807, 2.05) is 0 Å². The molecule has 17 heavy (non-hydrogen) atoms. The van der Waals surface area contributed by atoms with Crippen molar-refractivity contribution in [1.82, 2.24) is 10.2 Å². The largest absolute Gasteiger partial charge is 0.313 e. The molecule has 0 saturated heterocycles. The number of likely N-dealkylation sites (N-methyl/N-ethyl adjacent to an activating group) is 2. The number of hydrogen-bond acceptors (Lipinski definition) is 2. The molecule has 0 aromatic carbocycles. The molecule has 0 amide bonds. The van der Waals surface area contributed by atoms with Crippen molar-refractivity contribution >= 4 is 0 Å². The van der Waals surface area contributed by atoms with Gasteiger partial charge in [0.15, 0.2) is 0 Å². The first kappa shape index (κ1) is 15.0. The molecule has 1 aliphatic carbocycles. The maximum atomic E-state index is 3.71. The van der Waals surface area contributed by atoms with Crippen molar-refractivity contribution in [1.29, 1.82) is 0 Å². The highest BCUT2D eigenvalue weighted by Gasteiger charge is 2.26. The molecule has 0 spiro atoms. The van der Waals surface area contributed by atoms with Crippen molar-refractivity contribution < 1.29 is 0 Å². The van der Waals surface area contributed by atoms with E-state index in [0.717, 1.165) is 18.5 Å². The van der Waals surface area contributed by atoms with E-state index in [-0.39, 0.29) is 0 Å². The van der Waals surface area contributed by atoms with Crippen LogP contribution in [0.2, 0.25) is 0 Å². The summed E-state index contributed by atoms with van der Waals surface area (Å²) in [6.07, 6.45) is 8.38. The van der Waals surface area contributed by atoms with E-state index in [4.69, 9.17) is 0 Å². The summed E-state index contributed by atoms with van der Waals surface area (Å²) in [4.78, 5) is 2.55. The summed E-state index contributed by atoms with van der Waals surface area (Å²) in [6, 6.07) is 1.44. The van der Waals surface area contributed by atoms with Crippen LogP contribution in [0.25, 0.3) is 0 Å². The highest BCUT2D eigenvalue weighted by molar-refractivity contribution is 4.83. The summed E-state index contributed by atoms with van der Waals surface area (Å²) < 4.78 is 0. The molecule has 1 saturated carbocycles. The van der Waals surface area contributed by atoms with Crippen LogP contribution in [0.4, 0.5) is 0 Å². The Morgan fingerprint density at radius 2 is 1.88 bits per heavy atom. The molecule has 2 heteroatoms. The third-order valence-electron chi connectivity index (χ3n) is 4.38. The first-order valence-corrected chi connectivity index (χ1v) is 7.62. The highest BCUT2D eigenvalue weighted by Crippen LogP contribution is 2.28. The molecule has 0 heterocycles. The Morgan fingerprint density at radius 1 is 1.24 bits per heavy atom. The van der Waals surface area contributed by atoms with Gasteiger partial charge < -0.3 is 10.2 Å². The van der Waals surface area contributed by atoms with Crippen molar-refractivity contribution in [3.05, 3.63) is 0 Å². The van der Waals surface area contributed by atoms with Gasteiger partial charge in [0.1, 0.15) is 0 Å². The van der Waals surface area contributed by atoms with Gasteiger partial charge in [-0.25, -0.2) is 0 Å². The zero-order chi connectivity index (χ0) is 12.7. The molecule has 1 aliphatic rings. The van der Waals surface area contributed by atoms with Gasteiger partial charge in [0.2, 0.25) is 0 Å². The molecule has 2 unspecified atom stereocenters. The standard InChI is InChI=1S/C15H32N2/c1-5-9-13(3)17(4)12-15(16-6-2)14-10-7-8-11-14/h13-16H,5-12H2,1-4H3. The third kappa shape index (κ3) is 4.97. The Kier molecular flexibility index (Phi) is 7.14. The van der Waals surface area contributed by atoms with Crippen molar-refractivity contribution in [2.75, 3.05) is 20.1 Å². The van der Waals surface area contributed by atoms with Crippen molar-refractivity contribution in [2.24, 2.45) is 5.92 Å². The average Bonchev–Trinajstić information content (AvgIpc) is 2.82. The molecule has 1 rings (SSSR count). The predicted molar refractivity (Wildman–Crippen MR) is 76.4 cm³/mol. The summed E-state index contributed by atoms with van der Waals surface area (Å²) in [5.41, 5.74) is 0. The third-order valence-corrected chi connectivity index (χ3v) is 4.38. The molecular weight excluding hydrogens is 208 g/mol. The lowest BCUT2D eigenvalue weighted by Gasteiger charge is -2.32. The summed E-state index contributed by atoms with van der Waals surface area (Å²) in [7, 11) is 2.29.